The van der Waals surface area contributed by atoms with E-state index in [-0.39, 0.29) is 18.0 Å². The molecule has 0 bridgehead atoms. The number of likely N-dealkylation sites (N-methyl/N-ethyl adjacent to an activating group) is 1. The van der Waals surface area contributed by atoms with Crippen LogP contribution < -0.4 is 10.3 Å². The molecule has 1 amide bonds. The molecule has 1 aromatic carbocycles. The van der Waals surface area contributed by atoms with Gasteiger partial charge in [-0.25, -0.2) is 4.98 Å². The molecule has 0 saturated heterocycles. The average molecular weight is 426 g/mol. The van der Waals surface area contributed by atoms with Gasteiger partial charge in [0.1, 0.15) is 17.1 Å². The SMILES string of the molecule is CCOc1ccc(CN(C)C(=O)Cn2cnc3sc4c(c3c2=O)CC[C@H](C)C4)cc1. The first kappa shape index (κ1) is 20.6. The van der Waals surface area contributed by atoms with Crippen molar-refractivity contribution in [1.29, 1.82) is 0 Å². The van der Waals surface area contributed by atoms with Crippen molar-refractivity contribution >= 4 is 27.5 Å². The highest BCUT2D eigenvalue weighted by Gasteiger charge is 2.23. The van der Waals surface area contributed by atoms with Crippen LogP contribution in [0.2, 0.25) is 0 Å². The highest BCUT2D eigenvalue weighted by molar-refractivity contribution is 7.18. The van der Waals surface area contributed by atoms with Gasteiger partial charge in [0.05, 0.1) is 18.3 Å². The molecule has 0 aliphatic heterocycles. The highest BCUT2D eigenvalue weighted by Crippen LogP contribution is 2.35. The van der Waals surface area contributed by atoms with E-state index in [0.29, 0.717) is 24.5 Å². The molecule has 1 aliphatic rings. The molecule has 1 aliphatic carbocycles. The van der Waals surface area contributed by atoms with Crippen LogP contribution >= 0.6 is 11.3 Å². The Morgan fingerprint density at radius 1 is 1.33 bits per heavy atom. The maximum Gasteiger partial charge on any atom is 0.262 e. The third kappa shape index (κ3) is 4.12. The van der Waals surface area contributed by atoms with Crippen LogP contribution in [0, 0.1) is 5.92 Å². The number of aryl methyl sites for hydroxylation is 1. The van der Waals surface area contributed by atoms with E-state index in [1.807, 2.05) is 31.2 Å². The fourth-order valence-electron chi connectivity index (χ4n) is 3.96. The molecule has 4 rings (SSSR count). The Labute approximate surface area is 180 Å². The van der Waals surface area contributed by atoms with E-state index in [4.69, 9.17) is 4.74 Å². The summed E-state index contributed by atoms with van der Waals surface area (Å²) >= 11 is 1.63. The molecule has 0 N–H and O–H groups in total. The molecule has 158 valence electrons. The number of hydrogen-bond acceptors (Lipinski definition) is 5. The first-order chi connectivity index (χ1) is 14.5. The summed E-state index contributed by atoms with van der Waals surface area (Å²) in [6, 6.07) is 7.71. The normalized spacial score (nSPS) is 15.8. The lowest BCUT2D eigenvalue weighted by Crippen LogP contribution is -2.33. The van der Waals surface area contributed by atoms with Gasteiger partial charge in [0.2, 0.25) is 5.91 Å². The van der Waals surface area contributed by atoms with Gasteiger partial charge in [0.25, 0.3) is 5.56 Å². The molecular weight excluding hydrogens is 398 g/mol. The fraction of sp³-hybridized carbons (Fsp3) is 0.435. The van der Waals surface area contributed by atoms with Gasteiger partial charge in [-0.15, -0.1) is 11.3 Å². The van der Waals surface area contributed by atoms with Crippen LogP contribution in [0.5, 0.6) is 5.75 Å². The van der Waals surface area contributed by atoms with Crippen molar-refractivity contribution in [1.82, 2.24) is 14.5 Å². The molecule has 0 saturated carbocycles. The Bertz CT molecular complexity index is 1120. The van der Waals surface area contributed by atoms with Crippen LogP contribution in [0.4, 0.5) is 0 Å². The van der Waals surface area contributed by atoms with Crippen LogP contribution in [-0.4, -0.2) is 34.0 Å². The van der Waals surface area contributed by atoms with Gasteiger partial charge >= 0.3 is 0 Å². The number of nitrogens with zero attached hydrogens (tertiary/aromatic N) is 3. The van der Waals surface area contributed by atoms with Crippen molar-refractivity contribution in [3.63, 3.8) is 0 Å². The molecule has 1 atom stereocenters. The molecule has 30 heavy (non-hydrogen) atoms. The number of ether oxygens (including phenoxy) is 1. The van der Waals surface area contributed by atoms with Gasteiger partial charge in [-0.05, 0) is 55.4 Å². The molecule has 0 unspecified atom stereocenters. The van der Waals surface area contributed by atoms with Crippen LogP contribution in [-0.2, 0) is 30.7 Å². The predicted molar refractivity (Wildman–Crippen MR) is 119 cm³/mol. The second kappa shape index (κ2) is 8.60. The number of rotatable bonds is 6. The zero-order chi connectivity index (χ0) is 21.3. The summed E-state index contributed by atoms with van der Waals surface area (Å²) in [6.45, 7) is 5.29. The minimum Gasteiger partial charge on any atom is -0.494 e. The maximum atomic E-state index is 13.1. The monoisotopic (exact) mass is 425 g/mol. The van der Waals surface area contributed by atoms with Gasteiger partial charge < -0.3 is 9.64 Å². The summed E-state index contributed by atoms with van der Waals surface area (Å²) in [5.74, 6) is 1.34. The molecule has 0 fully saturated rings. The fourth-order valence-corrected chi connectivity index (χ4v) is 5.31. The van der Waals surface area contributed by atoms with E-state index < -0.39 is 0 Å². The molecule has 6 nitrogen and oxygen atoms in total. The topological polar surface area (TPSA) is 64.4 Å². The summed E-state index contributed by atoms with van der Waals surface area (Å²) in [5.41, 5.74) is 2.06. The van der Waals surface area contributed by atoms with Gasteiger partial charge in [0.15, 0.2) is 0 Å². The number of fused-ring (bicyclic) bond motifs is 3. The Morgan fingerprint density at radius 3 is 2.83 bits per heavy atom. The quantitative estimate of drug-likeness (QED) is 0.605. The van der Waals surface area contributed by atoms with Crippen LogP contribution in [0.3, 0.4) is 0 Å². The number of thiophene rings is 1. The molecule has 0 spiro atoms. The summed E-state index contributed by atoms with van der Waals surface area (Å²) in [5, 5.41) is 0.714. The van der Waals surface area contributed by atoms with Crippen molar-refractivity contribution in [3.05, 3.63) is 57.0 Å². The van der Waals surface area contributed by atoms with Crippen molar-refractivity contribution in [2.75, 3.05) is 13.7 Å². The lowest BCUT2D eigenvalue weighted by atomic mass is 9.89. The highest BCUT2D eigenvalue weighted by atomic mass is 32.1. The standard InChI is InChI=1S/C23H27N3O3S/c1-4-29-17-8-6-16(7-9-17)12-25(3)20(27)13-26-14-24-22-21(23(26)28)18-10-5-15(2)11-19(18)30-22/h6-9,14-15H,4-5,10-13H2,1-3H3/t15-/m0/s1. The Morgan fingerprint density at radius 2 is 2.10 bits per heavy atom. The Kier molecular flexibility index (Phi) is 5.90. The zero-order valence-electron chi connectivity index (χ0n) is 17.7. The smallest absolute Gasteiger partial charge is 0.262 e. The first-order valence-corrected chi connectivity index (χ1v) is 11.2. The molecular formula is C23H27N3O3S. The van der Waals surface area contributed by atoms with Gasteiger partial charge in [-0.1, -0.05) is 19.1 Å². The molecule has 0 radical (unpaired) electrons. The van der Waals surface area contributed by atoms with Crippen molar-refractivity contribution < 1.29 is 9.53 Å². The molecule has 2 aromatic heterocycles. The van der Waals surface area contributed by atoms with E-state index in [0.717, 1.165) is 41.0 Å². The number of carbonyl (C=O) groups is 1. The molecule has 2 heterocycles. The molecule has 7 heteroatoms. The second-order valence-electron chi connectivity index (χ2n) is 8.04. The van der Waals surface area contributed by atoms with E-state index in [1.165, 1.54) is 15.8 Å². The van der Waals surface area contributed by atoms with Crippen LogP contribution in [0.15, 0.2) is 35.4 Å². The minimum atomic E-state index is -0.121. The number of amides is 1. The summed E-state index contributed by atoms with van der Waals surface area (Å²) in [7, 11) is 1.75. The van der Waals surface area contributed by atoms with E-state index in [2.05, 4.69) is 11.9 Å². The van der Waals surface area contributed by atoms with Crippen LogP contribution in [0.1, 0.15) is 36.3 Å². The average Bonchev–Trinajstić information content (AvgIpc) is 3.09. The van der Waals surface area contributed by atoms with E-state index in [9.17, 15) is 9.59 Å². The number of aromatic nitrogens is 2. The zero-order valence-corrected chi connectivity index (χ0v) is 18.5. The largest absolute Gasteiger partial charge is 0.494 e. The van der Waals surface area contributed by atoms with Gasteiger partial charge in [-0.2, -0.15) is 0 Å². The summed E-state index contributed by atoms with van der Waals surface area (Å²) in [4.78, 5) is 34.1. The summed E-state index contributed by atoms with van der Waals surface area (Å²) in [6.07, 6.45) is 4.54. The second-order valence-corrected chi connectivity index (χ2v) is 9.12. The number of hydrogen-bond donors (Lipinski definition) is 0. The third-order valence-corrected chi connectivity index (χ3v) is 6.83. The molecule has 3 aromatic rings. The van der Waals surface area contributed by atoms with Crippen LogP contribution in [0.25, 0.3) is 10.2 Å². The lowest BCUT2D eigenvalue weighted by Gasteiger charge is -2.19. The van der Waals surface area contributed by atoms with Crippen molar-refractivity contribution in [2.45, 2.75) is 46.2 Å². The predicted octanol–water partition coefficient (Wildman–Crippen LogP) is 3.64. The lowest BCUT2D eigenvalue weighted by molar-refractivity contribution is -0.131. The van der Waals surface area contributed by atoms with Crippen molar-refractivity contribution in [2.24, 2.45) is 5.92 Å². The maximum absolute atomic E-state index is 13.1. The first-order valence-electron chi connectivity index (χ1n) is 10.4. The number of carbonyl (C=O) groups excluding carboxylic acids is 1. The van der Waals surface area contributed by atoms with E-state index >= 15 is 0 Å². The van der Waals surface area contributed by atoms with E-state index in [1.54, 1.807) is 23.3 Å². The van der Waals surface area contributed by atoms with Gasteiger partial charge in [0, 0.05) is 18.5 Å². The summed E-state index contributed by atoms with van der Waals surface area (Å²) < 4.78 is 6.90. The van der Waals surface area contributed by atoms with Crippen molar-refractivity contribution in [3.8, 4) is 5.75 Å². The van der Waals surface area contributed by atoms with Gasteiger partial charge in [-0.3, -0.25) is 14.2 Å². The Balaban J connectivity index is 1.50. The number of benzene rings is 1. The Hall–Kier alpha value is -2.67. The third-order valence-electron chi connectivity index (χ3n) is 5.67. The minimum absolute atomic E-state index is 0.00365.